The molecule has 1 atom stereocenters. The topological polar surface area (TPSA) is 106 Å². The van der Waals surface area contributed by atoms with Gasteiger partial charge in [0, 0.05) is 25.5 Å². The number of aromatic nitrogens is 2. The highest BCUT2D eigenvalue weighted by Crippen LogP contribution is 2.30. The van der Waals surface area contributed by atoms with Crippen molar-refractivity contribution in [1.29, 1.82) is 5.26 Å². The molecule has 0 aliphatic carbocycles. The molecule has 0 radical (unpaired) electrons. The van der Waals surface area contributed by atoms with Crippen molar-refractivity contribution in [3.63, 3.8) is 0 Å². The maximum Gasteiger partial charge on any atom is 0.216 e. The molecule has 8 nitrogen and oxygen atoms in total. The van der Waals surface area contributed by atoms with Gasteiger partial charge in [-0.1, -0.05) is 12.1 Å². The number of sulfonamides is 1. The highest BCUT2D eigenvalue weighted by Gasteiger charge is 2.26. The molecule has 0 aliphatic rings. The van der Waals surface area contributed by atoms with Gasteiger partial charge in [-0.2, -0.15) is 9.98 Å². The van der Waals surface area contributed by atoms with Crippen LogP contribution in [0.15, 0.2) is 54.9 Å². The third kappa shape index (κ3) is 4.97. The van der Waals surface area contributed by atoms with E-state index in [-0.39, 0.29) is 5.75 Å². The number of nitrogens with one attached hydrogen (secondary N) is 1. The third-order valence-electron chi connectivity index (χ3n) is 4.56. The summed E-state index contributed by atoms with van der Waals surface area (Å²) in [5.41, 5.74) is 1.67. The van der Waals surface area contributed by atoms with Gasteiger partial charge in [0.2, 0.25) is 10.0 Å². The van der Waals surface area contributed by atoms with Gasteiger partial charge in [-0.05, 0) is 35.4 Å². The first-order valence-electron chi connectivity index (χ1n) is 9.04. The number of benzene rings is 2. The number of aryl methyl sites for hydroxylation is 1. The summed E-state index contributed by atoms with van der Waals surface area (Å²) in [6, 6.07) is 12.9. The summed E-state index contributed by atoms with van der Waals surface area (Å²) in [6.07, 6.45) is 3.35. The van der Waals surface area contributed by atoms with Gasteiger partial charge >= 0.3 is 0 Å². The summed E-state index contributed by atoms with van der Waals surface area (Å²) in [6.45, 7) is 0. The Morgan fingerprint density at radius 1 is 1.13 bits per heavy atom. The zero-order valence-corrected chi connectivity index (χ0v) is 17.7. The van der Waals surface area contributed by atoms with Crippen LogP contribution >= 0.6 is 0 Å². The molecule has 3 rings (SSSR count). The lowest BCUT2D eigenvalue weighted by Crippen LogP contribution is -2.32. The van der Waals surface area contributed by atoms with Crippen LogP contribution in [0.5, 0.6) is 11.5 Å². The zero-order chi connectivity index (χ0) is 21.7. The van der Waals surface area contributed by atoms with Crippen LogP contribution in [0.1, 0.15) is 28.6 Å². The molecule has 156 valence electrons. The fourth-order valence-corrected chi connectivity index (χ4v) is 4.35. The normalized spacial score (nSPS) is 12.2. The monoisotopic (exact) mass is 426 g/mol. The second-order valence-corrected chi connectivity index (χ2v) is 8.41. The van der Waals surface area contributed by atoms with Gasteiger partial charge in [-0.15, -0.1) is 0 Å². The Hall–Kier alpha value is -3.35. The molecule has 9 heteroatoms. The predicted molar refractivity (Wildman–Crippen MR) is 112 cm³/mol. The van der Waals surface area contributed by atoms with E-state index in [0.29, 0.717) is 34.0 Å². The maximum atomic E-state index is 13.0. The molecule has 0 spiro atoms. The number of hydrogen-bond acceptors (Lipinski definition) is 6. The first kappa shape index (κ1) is 21.4. The fourth-order valence-electron chi connectivity index (χ4n) is 3.04. The first-order valence-corrected chi connectivity index (χ1v) is 10.7. The van der Waals surface area contributed by atoms with E-state index in [4.69, 9.17) is 14.7 Å². The van der Waals surface area contributed by atoms with Gasteiger partial charge in [-0.3, -0.25) is 0 Å². The van der Waals surface area contributed by atoms with Crippen molar-refractivity contribution in [3.05, 3.63) is 77.4 Å². The molecule has 0 aliphatic heterocycles. The van der Waals surface area contributed by atoms with Crippen molar-refractivity contribution in [3.8, 4) is 17.6 Å². The minimum absolute atomic E-state index is 0.235. The van der Waals surface area contributed by atoms with Crippen molar-refractivity contribution in [2.75, 3.05) is 14.2 Å². The molecule has 0 fully saturated rings. The van der Waals surface area contributed by atoms with Crippen LogP contribution in [0.25, 0.3) is 0 Å². The molecule has 2 aromatic carbocycles. The van der Waals surface area contributed by atoms with Gasteiger partial charge in [-0.25, -0.2) is 13.4 Å². The van der Waals surface area contributed by atoms with E-state index in [2.05, 4.69) is 9.71 Å². The van der Waals surface area contributed by atoms with E-state index < -0.39 is 16.1 Å². The van der Waals surface area contributed by atoms with Gasteiger partial charge in [0.15, 0.2) is 0 Å². The van der Waals surface area contributed by atoms with Crippen molar-refractivity contribution >= 4 is 10.0 Å². The lowest BCUT2D eigenvalue weighted by atomic mass is 10.1. The van der Waals surface area contributed by atoms with Gasteiger partial charge in [0.1, 0.15) is 23.4 Å². The summed E-state index contributed by atoms with van der Waals surface area (Å²) < 4.78 is 41.1. The molecule has 1 N–H and O–H groups in total. The van der Waals surface area contributed by atoms with Crippen molar-refractivity contribution in [2.45, 2.75) is 11.8 Å². The summed E-state index contributed by atoms with van der Waals surface area (Å²) >= 11 is 0. The smallest absolute Gasteiger partial charge is 0.216 e. The van der Waals surface area contributed by atoms with Gasteiger partial charge in [0.25, 0.3) is 0 Å². The Labute approximate surface area is 175 Å². The second kappa shape index (κ2) is 8.98. The summed E-state index contributed by atoms with van der Waals surface area (Å²) in [7, 11) is 1.10. The second-order valence-electron chi connectivity index (χ2n) is 6.66. The number of rotatable bonds is 8. The van der Waals surface area contributed by atoms with E-state index in [1.54, 1.807) is 66.5 Å². The van der Waals surface area contributed by atoms with E-state index in [0.717, 1.165) is 0 Å². The lowest BCUT2D eigenvalue weighted by Gasteiger charge is -2.20. The molecule has 0 saturated carbocycles. The number of nitrogens with zero attached hydrogens (tertiary/aromatic N) is 3. The molecule has 0 saturated heterocycles. The van der Waals surface area contributed by atoms with Crippen molar-refractivity contribution in [2.24, 2.45) is 7.05 Å². The predicted octanol–water partition coefficient (Wildman–Crippen LogP) is 2.52. The molecule has 30 heavy (non-hydrogen) atoms. The van der Waals surface area contributed by atoms with Crippen LogP contribution in [0.3, 0.4) is 0 Å². The van der Waals surface area contributed by atoms with E-state index in [1.807, 2.05) is 6.07 Å². The molecular formula is C21H22N4O4S. The van der Waals surface area contributed by atoms with Crippen molar-refractivity contribution < 1.29 is 17.9 Å². The highest BCUT2D eigenvalue weighted by atomic mass is 32.2. The van der Waals surface area contributed by atoms with Crippen LogP contribution in [0, 0.1) is 11.3 Å². The summed E-state index contributed by atoms with van der Waals surface area (Å²) in [5.74, 6) is 1.36. The quantitative estimate of drug-likeness (QED) is 0.593. The number of hydrogen-bond donors (Lipinski definition) is 1. The average molecular weight is 426 g/mol. The summed E-state index contributed by atoms with van der Waals surface area (Å²) in [4.78, 5) is 4.34. The van der Waals surface area contributed by atoms with Crippen LogP contribution in [-0.4, -0.2) is 32.2 Å². The lowest BCUT2D eigenvalue weighted by molar-refractivity contribution is 0.392. The van der Waals surface area contributed by atoms with Crippen LogP contribution in [0.4, 0.5) is 0 Å². The largest absolute Gasteiger partial charge is 0.497 e. The van der Waals surface area contributed by atoms with E-state index in [9.17, 15) is 8.42 Å². The fraction of sp³-hybridized carbons (Fsp3) is 0.238. The Morgan fingerprint density at radius 3 is 2.27 bits per heavy atom. The Kier molecular flexibility index (Phi) is 6.40. The molecule has 0 unspecified atom stereocenters. The number of imidazole rings is 1. The number of nitriles is 1. The Balaban J connectivity index is 1.97. The molecule has 3 aromatic rings. The third-order valence-corrected chi connectivity index (χ3v) is 5.87. The van der Waals surface area contributed by atoms with Crippen molar-refractivity contribution in [1.82, 2.24) is 14.3 Å². The van der Waals surface area contributed by atoms with Gasteiger partial charge in [0.05, 0.1) is 31.6 Å². The van der Waals surface area contributed by atoms with Crippen LogP contribution in [0.2, 0.25) is 0 Å². The molecule has 1 aromatic heterocycles. The summed E-state index contributed by atoms with van der Waals surface area (Å²) in [5, 5.41) is 8.91. The number of methoxy groups -OCH3 is 2. The minimum Gasteiger partial charge on any atom is -0.497 e. The van der Waals surface area contributed by atoms with E-state index >= 15 is 0 Å². The zero-order valence-electron chi connectivity index (χ0n) is 16.9. The Morgan fingerprint density at radius 2 is 1.77 bits per heavy atom. The first-order chi connectivity index (χ1) is 14.3. The molecule has 0 bridgehead atoms. The maximum absolute atomic E-state index is 13.0. The van der Waals surface area contributed by atoms with Crippen LogP contribution in [-0.2, 0) is 22.8 Å². The average Bonchev–Trinajstić information content (AvgIpc) is 3.17. The number of ether oxygens (including phenoxy) is 2. The Bertz CT molecular complexity index is 1140. The standard InChI is InChI=1S/C21H22N4O4S/c1-25-9-8-23-21(25)20(17-10-18(28-2)12-19(11-17)29-3)24-30(26,27)14-16-6-4-15(13-22)5-7-16/h4-12,20,24H,14H2,1-3H3/t20-/m0/s1. The van der Waals surface area contributed by atoms with Crippen LogP contribution < -0.4 is 14.2 Å². The van der Waals surface area contributed by atoms with E-state index in [1.165, 1.54) is 14.2 Å². The molecule has 0 amide bonds. The highest BCUT2D eigenvalue weighted by molar-refractivity contribution is 7.88. The SMILES string of the molecule is COc1cc(OC)cc([C@H](NS(=O)(=O)Cc2ccc(C#N)cc2)c2nccn2C)c1. The molecular weight excluding hydrogens is 404 g/mol. The van der Waals surface area contributed by atoms with Gasteiger partial charge < -0.3 is 14.0 Å². The molecule has 1 heterocycles. The minimum atomic E-state index is -3.75.